The fourth-order valence-corrected chi connectivity index (χ4v) is 1.32. The summed E-state index contributed by atoms with van der Waals surface area (Å²) >= 11 is 0. The summed E-state index contributed by atoms with van der Waals surface area (Å²) in [5.74, 6) is -2.25. The average molecular weight is 276 g/mol. The quantitative estimate of drug-likeness (QED) is 0.735. The summed E-state index contributed by atoms with van der Waals surface area (Å²) < 4.78 is 35.8. The molecule has 4 N–H and O–H groups in total. The van der Waals surface area contributed by atoms with Crippen LogP contribution in [-0.4, -0.2) is 23.2 Å². The van der Waals surface area contributed by atoms with E-state index in [4.69, 9.17) is 10.8 Å². The highest BCUT2D eigenvalue weighted by Crippen LogP contribution is 2.23. The van der Waals surface area contributed by atoms with Gasteiger partial charge in [0.2, 0.25) is 5.91 Å². The fourth-order valence-electron chi connectivity index (χ4n) is 1.32. The van der Waals surface area contributed by atoms with Gasteiger partial charge >= 0.3 is 12.1 Å². The predicted octanol–water partition coefficient (Wildman–Crippen LogP) is 2.25. The van der Waals surface area contributed by atoms with Crippen LogP contribution in [0.25, 0.3) is 0 Å². The van der Waals surface area contributed by atoms with Crippen LogP contribution in [0.3, 0.4) is 0 Å². The second-order valence-electron chi connectivity index (χ2n) is 3.77. The Balaban J connectivity index is 2.77. The van der Waals surface area contributed by atoms with E-state index in [-0.39, 0.29) is 16.9 Å². The van der Waals surface area contributed by atoms with E-state index < -0.39 is 30.9 Å². The first-order valence-electron chi connectivity index (χ1n) is 5.18. The van der Waals surface area contributed by atoms with Gasteiger partial charge in [0.05, 0.1) is 17.7 Å². The zero-order chi connectivity index (χ0) is 14.6. The van der Waals surface area contributed by atoms with Gasteiger partial charge in [-0.05, 0) is 18.2 Å². The number of hydrogen-bond donors (Lipinski definition) is 3. The summed E-state index contributed by atoms with van der Waals surface area (Å²) in [6.07, 6.45) is -6.47. The Morgan fingerprint density at radius 1 is 1.32 bits per heavy atom. The van der Waals surface area contributed by atoms with Crippen LogP contribution in [0, 0.1) is 0 Å². The van der Waals surface area contributed by atoms with Crippen molar-refractivity contribution in [2.24, 2.45) is 0 Å². The summed E-state index contributed by atoms with van der Waals surface area (Å²) in [6, 6.07) is 3.68. The first-order valence-corrected chi connectivity index (χ1v) is 5.18. The first kappa shape index (κ1) is 14.8. The molecule has 5 nitrogen and oxygen atoms in total. The number of carboxylic acid groups (broad SMARTS) is 1. The number of anilines is 2. The summed E-state index contributed by atoms with van der Waals surface area (Å²) in [4.78, 5) is 22.2. The third kappa shape index (κ3) is 4.86. The number of carboxylic acids is 1. The summed E-state index contributed by atoms with van der Waals surface area (Å²) in [7, 11) is 0. The van der Waals surface area contributed by atoms with Crippen molar-refractivity contribution >= 4 is 23.3 Å². The molecule has 0 aliphatic rings. The zero-order valence-electron chi connectivity index (χ0n) is 9.62. The van der Waals surface area contributed by atoms with Crippen LogP contribution in [-0.2, 0) is 4.79 Å². The fraction of sp³-hybridized carbons (Fsp3) is 0.273. The maximum atomic E-state index is 11.9. The second-order valence-corrected chi connectivity index (χ2v) is 3.77. The molecule has 0 saturated heterocycles. The van der Waals surface area contributed by atoms with Gasteiger partial charge in [-0.3, -0.25) is 4.79 Å². The molecule has 0 atom stereocenters. The lowest BCUT2D eigenvalue weighted by molar-refractivity contribution is -0.142. The summed E-state index contributed by atoms with van der Waals surface area (Å²) in [6.45, 7) is 0. The van der Waals surface area contributed by atoms with E-state index in [9.17, 15) is 22.8 Å². The molecule has 0 aliphatic heterocycles. The largest absolute Gasteiger partial charge is 0.478 e. The molecule has 104 valence electrons. The molecule has 1 aromatic carbocycles. The normalized spacial score (nSPS) is 11.1. The van der Waals surface area contributed by atoms with Crippen molar-refractivity contribution in [2.45, 2.75) is 19.0 Å². The smallest absolute Gasteiger partial charge is 0.389 e. The van der Waals surface area contributed by atoms with E-state index in [0.717, 1.165) is 6.07 Å². The van der Waals surface area contributed by atoms with Crippen molar-refractivity contribution in [1.82, 2.24) is 0 Å². The highest BCUT2D eigenvalue weighted by molar-refractivity contribution is 6.01. The molecule has 0 spiro atoms. The number of nitrogen functional groups attached to an aromatic ring is 1. The lowest BCUT2D eigenvalue weighted by atomic mass is 10.1. The maximum absolute atomic E-state index is 11.9. The third-order valence-corrected chi connectivity index (χ3v) is 2.18. The van der Waals surface area contributed by atoms with Gasteiger partial charge in [-0.1, -0.05) is 0 Å². The van der Waals surface area contributed by atoms with Crippen LogP contribution < -0.4 is 11.1 Å². The molecule has 1 rings (SSSR count). The van der Waals surface area contributed by atoms with Crippen molar-refractivity contribution < 1.29 is 27.9 Å². The van der Waals surface area contributed by atoms with Gasteiger partial charge in [-0.25, -0.2) is 4.79 Å². The Hall–Kier alpha value is -2.25. The zero-order valence-corrected chi connectivity index (χ0v) is 9.62. The number of halogens is 3. The molecule has 0 bridgehead atoms. The van der Waals surface area contributed by atoms with Crippen LogP contribution in [0.2, 0.25) is 0 Å². The van der Waals surface area contributed by atoms with Crippen LogP contribution >= 0.6 is 0 Å². The lowest BCUT2D eigenvalue weighted by Crippen LogP contribution is -2.18. The number of carbonyl (C=O) groups excluding carboxylic acids is 1. The molecule has 1 aromatic rings. The monoisotopic (exact) mass is 276 g/mol. The Kier molecular flexibility index (Phi) is 4.36. The van der Waals surface area contributed by atoms with Crippen molar-refractivity contribution in [3.05, 3.63) is 23.8 Å². The number of carbonyl (C=O) groups is 2. The highest BCUT2D eigenvalue weighted by Gasteiger charge is 2.28. The Morgan fingerprint density at radius 2 is 1.95 bits per heavy atom. The van der Waals surface area contributed by atoms with Crippen LogP contribution in [0.1, 0.15) is 23.2 Å². The minimum absolute atomic E-state index is 0.0890. The van der Waals surface area contributed by atoms with Crippen molar-refractivity contribution in [1.29, 1.82) is 0 Å². The molecule has 8 heteroatoms. The summed E-state index contributed by atoms with van der Waals surface area (Å²) in [5, 5.41) is 11.0. The van der Waals surface area contributed by atoms with Gasteiger partial charge in [-0.15, -0.1) is 0 Å². The van der Waals surface area contributed by atoms with Crippen LogP contribution in [0.5, 0.6) is 0 Å². The van der Waals surface area contributed by atoms with Crippen molar-refractivity contribution in [3.63, 3.8) is 0 Å². The topological polar surface area (TPSA) is 92.4 Å². The molecule has 0 saturated carbocycles. The molecule has 0 fully saturated rings. The molecular formula is C11H11F3N2O3. The van der Waals surface area contributed by atoms with E-state index in [2.05, 4.69) is 5.32 Å². The number of amides is 1. The molecular weight excluding hydrogens is 265 g/mol. The highest BCUT2D eigenvalue weighted by atomic mass is 19.4. The molecule has 0 aliphatic carbocycles. The van der Waals surface area contributed by atoms with Crippen LogP contribution in [0.4, 0.5) is 24.5 Å². The van der Waals surface area contributed by atoms with Gasteiger partial charge in [0.1, 0.15) is 0 Å². The number of benzene rings is 1. The number of nitrogens with one attached hydrogen (secondary N) is 1. The van der Waals surface area contributed by atoms with Gasteiger partial charge in [0.15, 0.2) is 0 Å². The Bertz CT molecular complexity index is 500. The number of rotatable bonds is 4. The van der Waals surface area contributed by atoms with E-state index in [0.29, 0.717) is 0 Å². The van der Waals surface area contributed by atoms with Gasteiger partial charge in [-0.2, -0.15) is 13.2 Å². The van der Waals surface area contributed by atoms with Gasteiger partial charge in [0, 0.05) is 12.1 Å². The molecule has 0 heterocycles. The van der Waals surface area contributed by atoms with E-state index in [1.54, 1.807) is 0 Å². The molecule has 0 radical (unpaired) electrons. The molecule has 0 aromatic heterocycles. The number of alkyl halides is 3. The third-order valence-electron chi connectivity index (χ3n) is 2.18. The first-order chi connectivity index (χ1) is 8.69. The minimum Gasteiger partial charge on any atom is -0.478 e. The maximum Gasteiger partial charge on any atom is 0.389 e. The van der Waals surface area contributed by atoms with Crippen molar-refractivity contribution in [2.75, 3.05) is 11.1 Å². The number of aromatic carboxylic acids is 1. The van der Waals surface area contributed by atoms with Crippen LogP contribution in [0.15, 0.2) is 18.2 Å². The SMILES string of the molecule is Nc1ccc(NC(=O)CCC(F)(F)F)c(C(=O)O)c1. The molecule has 19 heavy (non-hydrogen) atoms. The predicted molar refractivity (Wildman–Crippen MR) is 61.7 cm³/mol. The van der Waals surface area contributed by atoms with Gasteiger partial charge in [0.25, 0.3) is 0 Å². The molecule has 0 unspecified atom stereocenters. The average Bonchev–Trinajstić information content (AvgIpc) is 2.28. The standard InChI is InChI=1S/C11H11F3N2O3/c12-11(13,14)4-3-9(17)16-8-2-1-6(15)5-7(8)10(18)19/h1-2,5H,3-4,15H2,(H,16,17)(H,18,19). The van der Waals surface area contributed by atoms with E-state index in [1.807, 2.05) is 0 Å². The van der Waals surface area contributed by atoms with Crippen molar-refractivity contribution in [3.8, 4) is 0 Å². The Labute approximate surface area is 106 Å². The number of hydrogen-bond acceptors (Lipinski definition) is 3. The second kappa shape index (κ2) is 5.59. The molecule has 1 amide bonds. The van der Waals surface area contributed by atoms with E-state index in [1.165, 1.54) is 12.1 Å². The van der Waals surface area contributed by atoms with E-state index >= 15 is 0 Å². The van der Waals surface area contributed by atoms with Gasteiger partial charge < -0.3 is 16.2 Å². The summed E-state index contributed by atoms with van der Waals surface area (Å²) in [5.41, 5.74) is 5.19. The number of nitrogens with two attached hydrogens (primary N) is 1. The lowest BCUT2D eigenvalue weighted by Gasteiger charge is -2.10. The minimum atomic E-state index is -4.44. The Morgan fingerprint density at radius 3 is 2.47 bits per heavy atom.